The van der Waals surface area contributed by atoms with Gasteiger partial charge >= 0.3 is 0 Å². The van der Waals surface area contributed by atoms with Gasteiger partial charge in [-0.1, -0.05) is 12.8 Å². The molecule has 0 amide bonds. The first kappa shape index (κ1) is 8.89. The molecule has 0 aliphatic carbocycles. The van der Waals surface area contributed by atoms with Gasteiger partial charge in [0, 0.05) is 6.61 Å². The van der Waals surface area contributed by atoms with Crippen molar-refractivity contribution in [3.63, 3.8) is 0 Å². The van der Waals surface area contributed by atoms with Gasteiger partial charge in [-0.05, 0) is 19.8 Å². The highest BCUT2D eigenvalue weighted by Gasteiger charge is 1.95. The molecule has 1 nitrogen and oxygen atoms in total. The summed E-state index contributed by atoms with van der Waals surface area (Å²) < 4.78 is 12.1. The Morgan fingerprint density at radius 3 is 2.44 bits per heavy atom. The third-order valence-electron chi connectivity index (χ3n) is 1.26. The summed E-state index contributed by atoms with van der Waals surface area (Å²) in [7, 11) is 0. The Morgan fingerprint density at radius 1 is 1.33 bits per heavy atom. The van der Waals surface area contributed by atoms with Crippen LogP contribution in [0.15, 0.2) is 0 Å². The first-order chi connectivity index (χ1) is 4.27. The third kappa shape index (κ3) is 7.89. The second-order valence-corrected chi connectivity index (χ2v) is 2.35. The summed E-state index contributed by atoms with van der Waals surface area (Å²) >= 11 is 0. The van der Waals surface area contributed by atoms with E-state index in [0.717, 1.165) is 19.3 Å². The van der Waals surface area contributed by atoms with E-state index in [4.69, 9.17) is 5.11 Å². The third-order valence-corrected chi connectivity index (χ3v) is 1.26. The van der Waals surface area contributed by atoms with Crippen molar-refractivity contribution in [1.29, 1.82) is 0 Å². The van der Waals surface area contributed by atoms with Crippen LogP contribution >= 0.6 is 0 Å². The lowest BCUT2D eigenvalue weighted by Crippen LogP contribution is -1.92. The molecule has 0 rings (SSSR count). The smallest absolute Gasteiger partial charge is 0.0973 e. The summed E-state index contributed by atoms with van der Waals surface area (Å²) in [5.41, 5.74) is 0. The lowest BCUT2D eigenvalue weighted by atomic mass is 10.1. The molecule has 0 aromatic rings. The van der Waals surface area contributed by atoms with E-state index in [1.165, 1.54) is 0 Å². The van der Waals surface area contributed by atoms with Gasteiger partial charge in [0.05, 0.1) is 6.17 Å². The minimum Gasteiger partial charge on any atom is -0.396 e. The van der Waals surface area contributed by atoms with Crippen LogP contribution in [0.3, 0.4) is 0 Å². The second-order valence-electron chi connectivity index (χ2n) is 2.35. The highest BCUT2D eigenvalue weighted by atomic mass is 19.1. The maximum absolute atomic E-state index is 12.1. The van der Waals surface area contributed by atoms with Crippen LogP contribution in [-0.2, 0) is 0 Å². The summed E-state index contributed by atoms with van der Waals surface area (Å²) in [6.45, 7) is 1.81. The van der Waals surface area contributed by atoms with Gasteiger partial charge in [0.25, 0.3) is 0 Å². The summed E-state index contributed by atoms with van der Waals surface area (Å²) in [4.78, 5) is 0. The standard InChI is InChI=1S/C7H15FO/c1-7(8)5-3-2-4-6-9/h7,9H,2-6H2,1H3. The molecule has 9 heavy (non-hydrogen) atoms. The maximum atomic E-state index is 12.1. The van der Waals surface area contributed by atoms with E-state index in [-0.39, 0.29) is 6.61 Å². The number of unbranched alkanes of at least 4 members (excludes halogenated alkanes) is 2. The number of hydrogen-bond donors (Lipinski definition) is 1. The molecule has 1 atom stereocenters. The van der Waals surface area contributed by atoms with Gasteiger partial charge in [0.1, 0.15) is 0 Å². The number of halogens is 1. The Hall–Kier alpha value is -0.110. The number of hydrogen-bond acceptors (Lipinski definition) is 1. The summed E-state index contributed by atoms with van der Waals surface area (Å²) in [6, 6.07) is 0. The normalized spacial score (nSPS) is 13.7. The molecule has 0 bridgehead atoms. The summed E-state index contributed by atoms with van der Waals surface area (Å²) in [5, 5.41) is 8.34. The molecular weight excluding hydrogens is 119 g/mol. The highest BCUT2D eigenvalue weighted by molar-refractivity contribution is 4.47. The van der Waals surface area contributed by atoms with Crippen LogP contribution < -0.4 is 0 Å². The lowest BCUT2D eigenvalue weighted by Gasteiger charge is -1.98. The topological polar surface area (TPSA) is 20.2 Å². The molecular formula is C7H15FO. The number of alkyl halides is 1. The van der Waals surface area contributed by atoms with Crippen LogP contribution in [0, 0.1) is 0 Å². The minimum absolute atomic E-state index is 0.237. The van der Waals surface area contributed by atoms with E-state index < -0.39 is 6.17 Å². The molecule has 0 heterocycles. The average molecular weight is 134 g/mol. The maximum Gasteiger partial charge on any atom is 0.0973 e. The molecule has 2 heteroatoms. The van der Waals surface area contributed by atoms with Gasteiger partial charge in [-0.3, -0.25) is 0 Å². The van der Waals surface area contributed by atoms with E-state index in [1.54, 1.807) is 6.92 Å². The van der Waals surface area contributed by atoms with Crippen LogP contribution in [0.1, 0.15) is 32.6 Å². The molecule has 0 aromatic carbocycles. The average Bonchev–Trinajstić information content (AvgIpc) is 1.80. The van der Waals surface area contributed by atoms with E-state index in [0.29, 0.717) is 6.42 Å². The minimum atomic E-state index is -0.677. The summed E-state index contributed by atoms with van der Waals surface area (Å²) in [6.07, 6.45) is 2.62. The Bertz CT molecular complexity index is 54.9. The van der Waals surface area contributed by atoms with Crippen molar-refractivity contribution >= 4 is 0 Å². The van der Waals surface area contributed by atoms with E-state index >= 15 is 0 Å². The number of aliphatic hydroxyl groups is 1. The Kier molecular flexibility index (Phi) is 5.94. The van der Waals surface area contributed by atoms with Crippen LogP contribution in [0.2, 0.25) is 0 Å². The monoisotopic (exact) mass is 134 g/mol. The zero-order valence-electron chi connectivity index (χ0n) is 5.94. The molecule has 0 saturated carbocycles. The van der Waals surface area contributed by atoms with Crippen LogP contribution in [0.4, 0.5) is 4.39 Å². The van der Waals surface area contributed by atoms with Crippen LogP contribution in [-0.4, -0.2) is 17.9 Å². The highest BCUT2D eigenvalue weighted by Crippen LogP contribution is 2.04. The molecule has 0 aliphatic heterocycles. The van der Waals surface area contributed by atoms with Crippen LogP contribution in [0.5, 0.6) is 0 Å². The van der Waals surface area contributed by atoms with Gasteiger partial charge in [-0.25, -0.2) is 4.39 Å². The molecule has 0 aromatic heterocycles. The fraction of sp³-hybridized carbons (Fsp3) is 1.00. The Morgan fingerprint density at radius 2 is 2.00 bits per heavy atom. The molecule has 0 fully saturated rings. The van der Waals surface area contributed by atoms with Crippen molar-refractivity contribution in [2.75, 3.05) is 6.61 Å². The lowest BCUT2D eigenvalue weighted by molar-refractivity contribution is 0.275. The van der Waals surface area contributed by atoms with Gasteiger partial charge in [-0.2, -0.15) is 0 Å². The van der Waals surface area contributed by atoms with Gasteiger partial charge in [0.15, 0.2) is 0 Å². The molecule has 56 valence electrons. The predicted molar refractivity (Wildman–Crippen MR) is 36.1 cm³/mol. The Labute approximate surface area is 55.9 Å². The number of aliphatic hydroxyl groups excluding tert-OH is 1. The quantitative estimate of drug-likeness (QED) is 0.569. The molecule has 1 N–H and O–H groups in total. The van der Waals surface area contributed by atoms with Gasteiger partial charge < -0.3 is 5.11 Å². The van der Waals surface area contributed by atoms with Crippen molar-refractivity contribution in [3.8, 4) is 0 Å². The molecule has 0 aliphatic rings. The fourth-order valence-electron chi connectivity index (χ4n) is 0.714. The van der Waals surface area contributed by atoms with E-state index in [9.17, 15) is 4.39 Å². The SMILES string of the molecule is CC(F)CCCCCO. The zero-order chi connectivity index (χ0) is 7.11. The van der Waals surface area contributed by atoms with Crippen molar-refractivity contribution in [2.24, 2.45) is 0 Å². The zero-order valence-corrected chi connectivity index (χ0v) is 5.94. The molecule has 0 spiro atoms. The molecule has 1 unspecified atom stereocenters. The van der Waals surface area contributed by atoms with Crippen molar-refractivity contribution in [2.45, 2.75) is 38.8 Å². The number of rotatable bonds is 5. The van der Waals surface area contributed by atoms with Crippen molar-refractivity contribution in [3.05, 3.63) is 0 Å². The van der Waals surface area contributed by atoms with Crippen molar-refractivity contribution in [1.82, 2.24) is 0 Å². The van der Waals surface area contributed by atoms with E-state index in [2.05, 4.69) is 0 Å². The van der Waals surface area contributed by atoms with E-state index in [1.807, 2.05) is 0 Å². The second kappa shape index (κ2) is 6.02. The Balaban J connectivity index is 2.75. The first-order valence-electron chi connectivity index (χ1n) is 3.52. The molecule has 0 saturated heterocycles. The summed E-state index contributed by atoms with van der Waals surface area (Å²) in [5.74, 6) is 0. The first-order valence-corrected chi connectivity index (χ1v) is 3.52. The van der Waals surface area contributed by atoms with Crippen molar-refractivity contribution < 1.29 is 9.50 Å². The fourth-order valence-corrected chi connectivity index (χ4v) is 0.714. The largest absolute Gasteiger partial charge is 0.396 e. The van der Waals surface area contributed by atoms with Crippen LogP contribution in [0.25, 0.3) is 0 Å². The van der Waals surface area contributed by atoms with Gasteiger partial charge in [-0.15, -0.1) is 0 Å². The predicted octanol–water partition coefficient (Wildman–Crippen LogP) is 1.90. The van der Waals surface area contributed by atoms with Gasteiger partial charge in [0.2, 0.25) is 0 Å². The molecule has 0 radical (unpaired) electrons.